The van der Waals surface area contributed by atoms with Crippen LogP contribution in [0.4, 0.5) is 0 Å². The molecule has 0 saturated carbocycles. The SMILES string of the molecule is CCOC(=O)c1[se]c(C(=O)OCC)c(O)c1O. The first-order valence-corrected chi connectivity index (χ1v) is 6.63. The van der Waals surface area contributed by atoms with E-state index in [1.165, 1.54) is 0 Å². The van der Waals surface area contributed by atoms with Crippen LogP contribution in [0.5, 0.6) is 11.5 Å². The maximum absolute atomic E-state index is 11.4. The molecule has 0 aliphatic rings. The summed E-state index contributed by atoms with van der Waals surface area (Å²) < 4.78 is 9.26. The van der Waals surface area contributed by atoms with E-state index in [1.807, 2.05) is 0 Å². The number of aromatic hydroxyl groups is 2. The van der Waals surface area contributed by atoms with Crippen molar-refractivity contribution in [2.45, 2.75) is 13.8 Å². The van der Waals surface area contributed by atoms with Crippen LogP contribution in [-0.2, 0) is 9.47 Å². The van der Waals surface area contributed by atoms with Crippen LogP contribution >= 0.6 is 0 Å². The average molecular weight is 307 g/mol. The Labute approximate surface area is 104 Å². The molecule has 1 rings (SSSR count). The topological polar surface area (TPSA) is 93.1 Å². The molecular formula is C10H12O6Se. The second-order valence-electron chi connectivity index (χ2n) is 2.90. The monoisotopic (exact) mass is 308 g/mol. The van der Waals surface area contributed by atoms with Gasteiger partial charge in [0.25, 0.3) is 0 Å². The molecule has 0 bridgehead atoms. The van der Waals surface area contributed by atoms with Gasteiger partial charge in [-0.05, 0) is 0 Å². The Balaban J connectivity index is 3.07. The van der Waals surface area contributed by atoms with Crippen molar-refractivity contribution in [2.24, 2.45) is 0 Å². The standard InChI is InChI=1S/C10H12O6Se/c1-3-15-9(13)7-5(11)6(12)8(17-7)10(14)16-4-2/h11-12H,3-4H2,1-2H3. The molecule has 0 aromatic carbocycles. The quantitative estimate of drug-likeness (QED) is 0.622. The van der Waals surface area contributed by atoms with E-state index in [9.17, 15) is 19.8 Å². The minimum absolute atomic E-state index is 0.0695. The van der Waals surface area contributed by atoms with Gasteiger partial charge in [0.15, 0.2) is 0 Å². The molecule has 17 heavy (non-hydrogen) atoms. The van der Waals surface area contributed by atoms with Crippen molar-refractivity contribution in [3.05, 3.63) is 8.87 Å². The van der Waals surface area contributed by atoms with Crippen molar-refractivity contribution >= 4 is 26.4 Å². The van der Waals surface area contributed by atoms with Gasteiger partial charge in [-0.25, -0.2) is 0 Å². The van der Waals surface area contributed by atoms with E-state index in [4.69, 9.17) is 9.47 Å². The van der Waals surface area contributed by atoms with Gasteiger partial charge in [0.05, 0.1) is 0 Å². The van der Waals surface area contributed by atoms with Crippen LogP contribution in [0.1, 0.15) is 32.3 Å². The fourth-order valence-electron chi connectivity index (χ4n) is 1.08. The van der Waals surface area contributed by atoms with E-state index in [0.29, 0.717) is 0 Å². The number of carbonyl (C=O) groups excluding carboxylic acids is 2. The van der Waals surface area contributed by atoms with Crippen LogP contribution in [0, 0.1) is 0 Å². The zero-order chi connectivity index (χ0) is 13.0. The first kappa shape index (κ1) is 13.6. The molecule has 0 radical (unpaired) electrons. The van der Waals surface area contributed by atoms with Gasteiger partial charge in [0.2, 0.25) is 0 Å². The zero-order valence-corrected chi connectivity index (χ0v) is 11.1. The molecule has 1 aromatic rings. The summed E-state index contributed by atoms with van der Waals surface area (Å²) in [5.74, 6) is -2.63. The molecule has 2 N–H and O–H groups in total. The van der Waals surface area contributed by atoms with Gasteiger partial charge in [-0.2, -0.15) is 0 Å². The second kappa shape index (κ2) is 5.74. The number of esters is 2. The summed E-state index contributed by atoms with van der Waals surface area (Å²) in [5.41, 5.74) is 0. The molecule has 0 spiro atoms. The van der Waals surface area contributed by atoms with Crippen LogP contribution < -0.4 is 0 Å². The summed E-state index contributed by atoms with van der Waals surface area (Å²) in [6.45, 7) is 3.55. The summed E-state index contributed by atoms with van der Waals surface area (Å²) in [6.07, 6.45) is 0. The third-order valence-electron chi connectivity index (χ3n) is 1.78. The Hall–Kier alpha value is -1.46. The summed E-state index contributed by atoms with van der Waals surface area (Å²) in [7, 11) is 0. The van der Waals surface area contributed by atoms with E-state index < -0.39 is 37.9 Å². The van der Waals surface area contributed by atoms with Crippen LogP contribution in [-0.4, -0.2) is 49.9 Å². The summed E-state index contributed by atoms with van der Waals surface area (Å²) >= 11 is -0.799. The van der Waals surface area contributed by atoms with Crippen LogP contribution in [0.15, 0.2) is 0 Å². The molecule has 0 atom stereocenters. The third kappa shape index (κ3) is 2.81. The Bertz CT molecular complexity index is 398. The van der Waals surface area contributed by atoms with Gasteiger partial charge in [-0.15, -0.1) is 0 Å². The van der Waals surface area contributed by atoms with Gasteiger partial charge in [0, 0.05) is 0 Å². The summed E-state index contributed by atoms with van der Waals surface area (Å²) in [5, 5.41) is 19.0. The molecule has 0 aliphatic carbocycles. The number of rotatable bonds is 4. The molecule has 1 heterocycles. The number of hydrogen-bond donors (Lipinski definition) is 2. The molecule has 6 nitrogen and oxygen atoms in total. The Morgan fingerprint density at radius 3 is 1.65 bits per heavy atom. The number of hydrogen-bond acceptors (Lipinski definition) is 6. The Morgan fingerprint density at radius 2 is 1.35 bits per heavy atom. The predicted molar refractivity (Wildman–Crippen MR) is 58.6 cm³/mol. The van der Waals surface area contributed by atoms with E-state index in [1.54, 1.807) is 13.8 Å². The summed E-state index contributed by atoms with van der Waals surface area (Å²) in [4.78, 5) is 22.8. The van der Waals surface area contributed by atoms with Gasteiger partial charge >= 0.3 is 103 Å². The van der Waals surface area contributed by atoms with Gasteiger partial charge in [-0.1, -0.05) is 0 Å². The van der Waals surface area contributed by atoms with Crippen LogP contribution in [0.25, 0.3) is 0 Å². The fourth-order valence-corrected chi connectivity index (χ4v) is 2.92. The zero-order valence-electron chi connectivity index (χ0n) is 9.35. The number of ether oxygens (including phenoxy) is 2. The fraction of sp³-hybridized carbons (Fsp3) is 0.400. The van der Waals surface area contributed by atoms with Crippen LogP contribution in [0.3, 0.4) is 0 Å². The molecule has 0 fully saturated rings. The van der Waals surface area contributed by atoms with Crippen molar-refractivity contribution in [2.75, 3.05) is 13.2 Å². The van der Waals surface area contributed by atoms with Gasteiger partial charge < -0.3 is 0 Å². The van der Waals surface area contributed by atoms with Crippen molar-refractivity contribution in [1.29, 1.82) is 0 Å². The average Bonchev–Trinajstić information content (AvgIpc) is 2.57. The second-order valence-corrected chi connectivity index (χ2v) is 5.04. The van der Waals surface area contributed by atoms with Crippen LogP contribution in [0.2, 0.25) is 0 Å². The van der Waals surface area contributed by atoms with Crippen molar-refractivity contribution in [1.82, 2.24) is 0 Å². The molecular weight excluding hydrogens is 295 g/mol. The first-order chi connectivity index (χ1) is 8.02. The van der Waals surface area contributed by atoms with E-state index in [0.717, 1.165) is 0 Å². The van der Waals surface area contributed by atoms with Crippen molar-refractivity contribution in [3.8, 4) is 11.5 Å². The molecule has 7 heteroatoms. The minimum atomic E-state index is -0.799. The van der Waals surface area contributed by atoms with Crippen molar-refractivity contribution < 1.29 is 29.3 Å². The molecule has 1 aromatic heterocycles. The molecule has 0 unspecified atom stereocenters. The first-order valence-electron chi connectivity index (χ1n) is 4.91. The molecule has 0 saturated heterocycles. The van der Waals surface area contributed by atoms with Gasteiger partial charge in [-0.3, -0.25) is 0 Å². The molecule has 0 aliphatic heterocycles. The Kier molecular flexibility index (Phi) is 4.60. The predicted octanol–water partition coefficient (Wildman–Crippen LogP) is 0.508. The van der Waals surface area contributed by atoms with E-state index in [-0.39, 0.29) is 22.1 Å². The summed E-state index contributed by atoms with van der Waals surface area (Å²) in [6, 6.07) is 0. The van der Waals surface area contributed by atoms with E-state index in [2.05, 4.69) is 0 Å². The maximum atomic E-state index is 11.4. The third-order valence-corrected chi connectivity index (χ3v) is 4.15. The number of carbonyl (C=O) groups is 2. The Morgan fingerprint density at radius 1 is 1.00 bits per heavy atom. The normalized spacial score (nSPS) is 10.0. The molecule has 94 valence electrons. The molecule has 0 amide bonds. The van der Waals surface area contributed by atoms with E-state index >= 15 is 0 Å². The van der Waals surface area contributed by atoms with Gasteiger partial charge in [0.1, 0.15) is 0 Å². The van der Waals surface area contributed by atoms with Crippen molar-refractivity contribution in [3.63, 3.8) is 0 Å².